The van der Waals surface area contributed by atoms with Crippen LogP contribution in [-0.2, 0) is 18.4 Å². The Bertz CT molecular complexity index is 845. The number of carbonyl (C=O) groups excluding carboxylic acids is 1. The van der Waals surface area contributed by atoms with Crippen molar-refractivity contribution in [1.82, 2.24) is 14.5 Å². The minimum absolute atomic E-state index is 0.0103. The molecule has 0 aliphatic heterocycles. The summed E-state index contributed by atoms with van der Waals surface area (Å²) in [5.41, 5.74) is 2.17. The van der Waals surface area contributed by atoms with Crippen LogP contribution in [0.15, 0.2) is 48.8 Å². The first kappa shape index (κ1) is 16.2. The summed E-state index contributed by atoms with van der Waals surface area (Å²) in [5, 5.41) is 3.91. The first-order chi connectivity index (χ1) is 11.6. The number of aromatic nitrogens is 2. The topological polar surface area (TPSA) is 48.2 Å². The molecular weight excluding hydrogens is 302 g/mol. The van der Waals surface area contributed by atoms with E-state index in [4.69, 9.17) is 4.74 Å². The summed E-state index contributed by atoms with van der Waals surface area (Å²) < 4.78 is 9.92. The molecule has 1 N–H and O–H groups in total. The highest BCUT2D eigenvalue weighted by molar-refractivity contribution is 5.87. The Labute approximate surface area is 141 Å². The zero-order chi connectivity index (χ0) is 17.1. The lowest BCUT2D eigenvalue weighted by Gasteiger charge is -2.11. The summed E-state index contributed by atoms with van der Waals surface area (Å²) in [5.74, 6) is 0.609. The highest BCUT2D eigenvalue weighted by Gasteiger charge is 2.10. The molecule has 5 heteroatoms. The van der Waals surface area contributed by atoms with Gasteiger partial charge in [-0.1, -0.05) is 6.07 Å². The van der Waals surface area contributed by atoms with Crippen LogP contribution in [0, 0.1) is 0 Å². The van der Waals surface area contributed by atoms with Crippen LogP contribution in [-0.4, -0.2) is 21.6 Å². The lowest BCUT2D eigenvalue weighted by atomic mass is 10.2. The number of nitrogens with zero attached hydrogens (tertiary/aromatic N) is 2. The molecule has 2 aromatic heterocycles. The third kappa shape index (κ3) is 3.30. The largest absolute Gasteiger partial charge is 0.483 e. The van der Waals surface area contributed by atoms with Gasteiger partial charge in [-0.2, -0.15) is 0 Å². The van der Waals surface area contributed by atoms with E-state index in [1.807, 2.05) is 48.1 Å². The van der Waals surface area contributed by atoms with E-state index in [0.29, 0.717) is 12.6 Å². The molecule has 0 aliphatic rings. The lowest BCUT2D eigenvalue weighted by molar-refractivity contribution is -0.123. The molecule has 3 rings (SSSR count). The molecule has 1 aromatic carbocycles. The zero-order valence-electron chi connectivity index (χ0n) is 14.3. The number of carbonyl (C=O) groups is 1. The van der Waals surface area contributed by atoms with Gasteiger partial charge in [0, 0.05) is 36.6 Å². The average molecular weight is 325 g/mol. The SMILES string of the molecule is CC(C)n1ccc2c(OCC(=O)NCc3cccn3C)cccc21. The van der Waals surface area contributed by atoms with Crippen molar-refractivity contribution in [2.45, 2.75) is 26.4 Å². The first-order valence-corrected chi connectivity index (χ1v) is 8.15. The van der Waals surface area contributed by atoms with E-state index < -0.39 is 0 Å². The molecule has 0 bridgehead atoms. The highest BCUT2D eigenvalue weighted by Crippen LogP contribution is 2.28. The molecule has 0 fully saturated rings. The minimum atomic E-state index is -0.128. The van der Waals surface area contributed by atoms with Crippen molar-refractivity contribution >= 4 is 16.8 Å². The van der Waals surface area contributed by atoms with Crippen molar-refractivity contribution in [3.63, 3.8) is 0 Å². The van der Waals surface area contributed by atoms with Crippen LogP contribution in [0.4, 0.5) is 0 Å². The molecule has 5 nitrogen and oxygen atoms in total. The van der Waals surface area contributed by atoms with Crippen molar-refractivity contribution < 1.29 is 9.53 Å². The van der Waals surface area contributed by atoms with Crippen LogP contribution in [0.3, 0.4) is 0 Å². The summed E-state index contributed by atoms with van der Waals surface area (Å²) in [4.78, 5) is 12.0. The Kier molecular flexibility index (Phi) is 4.60. The van der Waals surface area contributed by atoms with Gasteiger partial charge < -0.3 is 19.2 Å². The molecule has 0 saturated carbocycles. The van der Waals surface area contributed by atoms with Crippen LogP contribution < -0.4 is 10.1 Å². The van der Waals surface area contributed by atoms with Gasteiger partial charge in [0.05, 0.1) is 12.1 Å². The number of rotatable bonds is 6. The summed E-state index contributed by atoms with van der Waals surface area (Å²) in [6.45, 7) is 4.80. The number of amides is 1. The third-order valence-corrected chi connectivity index (χ3v) is 4.16. The molecule has 3 aromatic rings. The molecule has 2 heterocycles. The van der Waals surface area contributed by atoms with Gasteiger partial charge in [-0.05, 0) is 44.2 Å². The highest BCUT2D eigenvalue weighted by atomic mass is 16.5. The van der Waals surface area contributed by atoms with Gasteiger partial charge in [0.25, 0.3) is 5.91 Å². The maximum Gasteiger partial charge on any atom is 0.258 e. The van der Waals surface area contributed by atoms with Gasteiger partial charge in [0.2, 0.25) is 0 Å². The number of hydrogen-bond acceptors (Lipinski definition) is 2. The van der Waals surface area contributed by atoms with E-state index in [-0.39, 0.29) is 12.5 Å². The number of aryl methyl sites for hydroxylation is 1. The molecule has 126 valence electrons. The van der Waals surface area contributed by atoms with Crippen LogP contribution in [0.5, 0.6) is 5.75 Å². The molecule has 0 radical (unpaired) electrons. The van der Waals surface area contributed by atoms with Crippen molar-refractivity contribution in [1.29, 1.82) is 0 Å². The molecule has 0 unspecified atom stereocenters. The monoisotopic (exact) mass is 325 g/mol. The van der Waals surface area contributed by atoms with Crippen molar-refractivity contribution in [3.05, 3.63) is 54.5 Å². The molecule has 24 heavy (non-hydrogen) atoms. The van der Waals surface area contributed by atoms with Gasteiger partial charge in [0.1, 0.15) is 5.75 Å². The fourth-order valence-electron chi connectivity index (χ4n) is 2.80. The Balaban J connectivity index is 1.63. The van der Waals surface area contributed by atoms with Crippen LogP contribution in [0.1, 0.15) is 25.6 Å². The predicted octanol–water partition coefficient (Wildman–Crippen LogP) is 3.26. The number of fused-ring (bicyclic) bond motifs is 1. The Morgan fingerprint density at radius 1 is 1.17 bits per heavy atom. The Hall–Kier alpha value is -2.69. The van der Waals surface area contributed by atoms with E-state index in [1.54, 1.807) is 0 Å². The summed E-state index contributed by atoms with van der Waals surface area (Å²) >= 11 is 0. The predicted molar refractivity (Wildman–Crippen MR) is 95.1 cm³/mol. The fraction of sp³-hybridized carbons (Fsp3) is 0.316. The molecule has 1 amide bonds. The third-order valence-electron chi connectivity index (χ3n) is 4.16. The average Bonchev–Trinajstić information content (AvgIpc) is 3.17. The lowest BCUT2D eigenvalue weighted by Crippen LogP contribution is -2.29. The van der Waals surface area contributed by atoms with Crippen LogP contribution in [0.2, 0.25) is 0 Å². The standard InChI is InChI=1S/C19H23N3O2/c1-14(2)22-11-9-16-17(22)7-4-8-18(16)24-13-19(23)20-12-15-6-5-10-21(15)3/h4-11,14H,12-13H2,1-3H3,(H,20,23). The van der Waals surface area contributed by atoms with E-state index in [9.17, 15) is 4.79 Å². The van der Waals surface area contributed by atoms with Crippen molar-refractivity contribution in [2.75, 3.05) is 6.61 Å². The molecule has 0 atom stereocenters. The second-order valence-electron chi connectivity index (χ2n) is 6.18. The molecular formula is C19H23N3O2. The number of nitrogens with one attached hydrogen (secondary N) is 1. The number of benzene rings is 1. The van der Waals surface area contributed by atoms with E-state index in [0.717, 1.165) is 22.3 Å². The molecule has 0 aliphatic carbocycles. The Morgan fingerprint density at radius 3 is 2.71 bits per heavy atom. The zero-order valence-corrected chi connectivity index (χ0v) is 14.3. The minimum Gasteiger partial charge on any atom is -0.483 e. The summed E-state index contributed by atoms with van der Waals surface area (Å²) in [6, 6.07) is 12.3. The van der Waals surface area contributed by atoms with E-state index in [1.165, 1.54) is 0 Å². The fourth-order valence-corrected chi connectivity index (χ4v) is 2.80. The van der Waals surface area contributed by atoms with Gasteiger partial charge in [-0.25, -0.2) is 0 Å². The quantitative estimate of drug-likeness (QED) is 0.756. The Morgan fingerprint density at radius 2 is 2.00 bits per heavy atom. The van der Waals surface area contributed by atoms with Gasteiger partial charge in [-0.3, -0.25) is 4.79 Å². The number of hydrogen-bond donors (Lipinski definition) is 1. The second-order valence-corrected chi connectivity index (χ2v) is 6.18. The van der Waals surface area contributed by atoms with Gasteiger partial charge in [-0.15, -0.1) is 0 Å². The van der Waals surface area contributed by atoms with E-state index >= 15 is 0 Å². The molecule has 0 saturated heterocycles. The maximum absolute atomic E-state index is 12.0. The maximum atomic E-state index is 12.0. The smallest absolute Gasteiger partial charge is 0.258 e. The summed E-state index contributed by atoms with van der Waals surface area (Å²) in [7, 11) is 1.96. The van der Waals surface area contributed by atoms with Crippen molar-refractivity contribution in [3.8, 4) is 5.75 Å². The second kappa shape index (κ2) is 6.83. The normalized spacial score (nSPS) is 11.2. The van der Waals surface area contributed by atoms with Crippen LogP contribution >= 0.6 is 0 Å². The van der Waals surface area contributed by atoms with Gasteiger partial charge >= 0.3 is 0 Å². The van der Waals surface area contributed by atoms with Crippen LogP contribution in [0.25, 0.3) is 10.9 Å². The molecule has 0 spiro atoms. The van der Waals surface area contributed by atoms with Crippen molar-refractivity contribution in [2.24, 2.45) is 7.05 Å². The summed E-state index contributed by atoms with van der Waals surface area (Å²) in [6.07, 6.45) is 4.01. The first-order valence-electron chi connectivity index (χ1n) is 8.15. The number of ether oxygens (including phenoxy) is 1. The van der Waals surface area contributed by atoms with Gasteiger partial charge in [0.15, 0.2) is 6.61 Å². The van der Waals surface area contributed by atoms with E-state index in [2.05, 4.69) is 36.0 Å².